The number of pyridine rings is 1. The lowest BCUT2D eigenvalue weighted by Crippen LogP contribution is -2.13. The van der Waals surface area contributed by atoms with Crippen LogP contribution in [0.2, 0.25) is 5.15 Å². The summed E-state index contributed by atoms with van der Waals surface area (Å²) in [6.45, 7) is -0.198. The zero-order chi connectivity index (χ0) is 20.4. The molecule has 7 nitrogen and oxygen atoms in total. The summed E-state index contributed by atoms with van der Waals surface area (Å²) < 4.78 is 44.6. The Balaban J connectivity index is 2.24. The lowest BCUT2D eigenvalue weighted by molar-refractivity contribution is 0.100. The Hall–Kier alpha value is -2.91. The van der Waals surface area contributed by atoms with Crippen molar-refractivity contribution in [1.82, 2.24) is 4.98 Å². The molecule has 3 aromatic rings. The van der Waals surface area contributed by atoms with Gasteiger partial charge < -0.3 is 24.3 Å². The molecule has 0 aliphatic carbocycles. The van der Waals surface area contributed by atoms with Crippen LogP contribution in [0, 0.1) is 11.6 Å². The maximum absolute atomic E-state index is 14.7. The molecule has 10 heteroatoms. The summed E-state index contributed by atoms with van der Waals surface area (Å²) >= 11 is 5.89. The molecule has 0 saturated heterocycles. The van der Waals surface area contributed by atoms with Gasteiger partial charge in [-0.2, -0.15) is 0 Å². The molecule has 2 heterocycles. The SMILES string of the molecule is COc1cc(OC)c(F)c(C(=O)c2oc3cnc(Cl)cc3c2NCCO)c1F. The van der Waals surface area contributed by atoms with Gasteiger partial charge >= 0.3 is 0 Å². The molecule has 0 aliphatic heterocycles. The van der Waals surface area contributed by atoms with Crippen LogP contribution in [0.15, 0.2) is 22.7 Å². The molecular weight excluding hydrogens is 398 g/mol. The topological polar surface area (TPSA) is 93.8 Å². The molecule has 1 aromatic carbocycles. The second-order valence-electron chi connectivity index (χ2n) is 5.57. The van der Waals surface area contributed by atoms with Crippen LogP contribution in [0.1, 0.15) is 16.1 Å². The number of ketones is 1. The second kappa shape index (κ2) is 7.99. The van der Waals surface area contributed by atoms with Crippen LogP contribution in [0.25, 0.3) is 11.0 Å². The van der Waals surface area contributed by atoms with E-state index in [2.05, 4.69) is 10.3 Å². The molecule has 0 unspecified atom stereocenters. The number of hydrogen-bond donors (Lipinski definition) is 2. The van der Waals surface area contributed by atoms with Crippen LogP contribution in [-0.2, 0) is 0 Å². The number of anilines is 1. The average molecular weight is 413 g/mol. The Morgan fingerprint density at radius 2 is 1.89 bits per heavy atom. The number of nitrogens with zero attached hydrogens (tertiary/aromatic N) is 1. The first-order valence-electron chi connectivity index (χ1n) is 8.00. The molecule has 2 N–H and O–H groups in total. The smallest absolute Gasteiger partial charge is 0.236 e. The molecule has 0 fully saturated rings. The van der Waals surface area contributed by atoms with Crippen molar-refractivity contribution in [2.45, 2.75) is 0 Å². The van der Waals surface area contributed by atoms with E-state index in [0.29, 0.717) is 5.39 Å². The summed E-state index contributed by atoms with van der Waals surface area (Å²) in [5.74, 6) is -4.59. The maximum atomic E-state index is 14.7. The number of nitrogens with one attached hydrogen (secondary N) is 1. The molecule has 0 spiro atoms. The number of aliphatic hydroxyl groups is 1. The zero-order valence-corrected chi connectivity index (χ0v) is 15.6. The lowest BCUT2D eigenvalue weighted by Gasteiger charge is -2.12. The van der Waals surface area contributed by atoms with Gasteiger partial charge in [-0.1, -0.05) is 11.6 Å². The summed E-state index contributed by atoms with van der Waals surface area (Å²) in [5, 5.41) is 12.4. The van der Waals surface area contributed by atoms with E-state index in [1.165, 1.54) is 26.5 Å². The van der Waals surface area contributed by atoms with Crippen LogP contribution in [0.4, 0.5) is 14.5 Å². The number of fused-ring (bicyclic) bond motifs is 1. The Morgan fingerprint density at radius 3 is 2.46 bits per heavy atom. The fraction of sp³-hybridized carbons (Fsp3) is 0.222. The standard InChI is InChI=1S/C18H15ClF2N2O5/c1-26-9-6-10(27-2)15(21)13(14(9)20)17(25)18-16(22-3-4-24)8-5-12(19)23-7-11(8)28-18/h5-7,22,24H,3-4H2,1-2H3. The highest BCUT2D eigenvalue weighted by molar-refractivity contribution is 6.30. The summed E-state index contributed by atoms with van der Waals surface area (Å²) in [7, 11) is 2.35. The Labute approximate surface area is 162 Å². The van der Waals surface area contributed by atoms with Crippen molar-refractivity contribution in [2.24, 2.45) is 0 Å². The van der Waals surface area contributed by atoms with Crippen LogP contribution in [-0.4, -0.2) is 43.2 Å². The number of aliphatic hydroxyl groups excluding tert-OH is 1. The van der Waals surface area contributed by atoms with Gasteiger partial charge in [0, 0.05) is 18.0 Å². The number of halogens is 3. The molecule has 0 amide bonds. The molecule has 0 bridgehead atoms. The van der Waals surface area contributed by atoms with E-state index in [9.17, 15) is 13.6 Å². The van der Waals surface area contributed by atoms with Crippen molar-refractivity contribution in [1.29, 1.82) is 0 Å². The summed E-state index contributed by atoms with van der Waals surface area (Å²) in [6, 6.07) is 2.42. The largest absolute Gasteiger partial charge is 0.494 e. The van der Waals surface area contributed by atoms with Gasteiger partial charge in [-0.05, 0) is 6.07 Å². The molecule has 0 radical (unpaired) electrons. The predicted octanol–water partition coefficient (Wildman–Crippen LogP) is 3.41. The number of furan rings is 1. The first-order valence-corrected chi connectivity index (χ1v) is 8.38. The van der Waals surface area contributed by atoms with Crippen molar-refractivity contribution >= 4 is 34.0 Å². The number of ether oxygens (including phenoxy) is 2. The van der Waals surface area contributed by atoms with Gasteiger partial charge in [0.25, 0.3) is 0 Å². The fourth-order valence-electron chi connectivity index (χ4n) is 2.69. The molecule has 148 valence electrons. The molecule has 0 atom stereocenters. The van der Waals surface area contributed by atoms with Gasteiger partial charge in [0.05, 0.1) is 32.7 Å². The normalized spacial score (nSPS) is 10.9. The van der Waals surface area contributed by atoms with Gasteiger partial charge in [0.15, 0.2) is 34.5 Å². The van der Waals surface area contributed by atoms with E-state index in [4.69, 9.17) is 30.6 Å². The van der Waals surface area contributed by atoms with E-state index in [0.717, 1.165) is 6.07 Å². The van der Waals surface area contributed by atoms with E-state index in [1.807, 2.05) is 0 Å². The average Bonchev–Trinajstić information content (AvgIpc) is 3.04. The Kier molecular flexibility index (Phi) is 5.66. The van der Waals surface area contributed by atoms with Crippen LogP contribution in [0.5, 0.6) is 11.5 Å². The van der Waals surface area contributed by atoms with Gasteiger partial charge in [-0.25, -0.2) is 13.8 Å². The number of carbonyl (C=O) groups is 1. The van der Waals surface area contributed by atoms with Crippen LogP contribution >= 0.6 is 11.6 Å². The molecule has 3 rings (SSSR count). The van der Waals surface area contributed by atoms with Crippen molar-refractivity contribution in [3.8, 4) is 11.5 Å². The number of benzene rings is 1. The quantitative estimate of drug-likeness (QED) is 0.453. The number of carbonyl (C=O) groups excluding carboxylic acids is 1. The minimum absolute atomic E-state index is 0.0568. The van der Waals surface area contributed by atoms with Crippen LogP contribution < -0.4 is 14.8 Å². The third-order valence-corrected chi connectivity index (χ3v) is 4.17. The first kappa shape index (κ1) is 19.8. The van der Waals surface area contributed by atoms with Gasteiger partial charge in [0.1, 0.15) is 10.7 Å². The monoisotopic (exact) mass is 412 g/mol. The number of rotatable bonds is 7. The van der Waals surface area contributed by atoms with Crippen molar-refractivity contribution in [2.75, 3.05) is 32.7 Å². The zero-order valence-electron chi connectivity index (χ0n) is 14.8. The molecule has 0 saturated carbocycles. The van der Waals surface area contributed by atoms with Crippen molar-refractivity contribution in [3.63, 3.8) is 0 Å². The van der Waals surface area contributed by atoms with Crippen molar-refractivity contribution in [3.05, 3.63) is 46.4 Å². The number of aromatic nitrogens is 1. The number of methoxy groups -OCH3 is 2. The van der Waals surface area contributed by atoms with Gasteiger partial charge in [-0.3, -0.25) is 4.79 Å². The minimum Gasteiger partial charge on any atom is -0.494 e. The van der Waals surface area contributed by atoms with E-state index in [-0.39, 0.29) is 46.8 Å². The van der Waals surface area contributed by atoms with E-state index < -0.39 is 23.0 Å². The van der Waals surface area contributed by atoms with Crippen molar-refractivity contribution < 1.29 is 32.6 Å². The molecule has 2 aromatic heterocycles. The van der Waals surface area contributed by atoms with Crippen LogP contribution in [0.3, 0.4) is 0 Å². The fourth-order valence-corrected chi connectivity index (χ4v) is 2.85. The third kappa shape index (κ3) is 3.34. The summed E-state index contributed by atoms with van der Waals surface area (Å²) in [5.41, 5.74) is -0.607. The number of hydrogen-bond acceptors (Lipinski definition) is 7. The molecular formula is C18H15ClF2N2O5. The highest BCUT2D eigenvalue weighted by Gasteiger charge is 2.31. The maximum Gasteiger partial charge on any atom is 0.236 e. The highest BCUT2D eigenvalue weighted by atomic mass is 35.5. The van der Waals surface area contributed by atoms with E-state index in [1.54, 1.807) is 0 Å². The summed E-state index contributed by atoms with van der Waals surface area (Å²) in [4.78, 5) is 16.9. The van der Waals surface area contributed by atoms with Gasteiger partial charge in [-0.15, -0.1) is 0 Å². The summed E-state index contributed by atoms with van der Waals surface area (Å²) in [6.07, 6.45) is 1.28. The molecule has 28 heavy (non-hydrogen) atoms. The van der Waals surface area contributed by atoms with Gasteiger partial charge in [0.2, 0.25) is 5.78 Å². The Morgan fingerprint density at radius 1 is 1.25 bits per heavy atom. The first-order chi connectivity index (χ1) is 13.4. The Bertz CT molecular complexity index is 1030. The predicted molar refractivity (Wildman–Crippen MR) is 97.5 cm³/mol. The second-order valence-corrected chi connectivity index (χ2v) is 5.96. The lowest BCUT2D eigenvalue weighted by atomic mass is 10.0. The van der Waals surface area contributed by atoms with E-state index >= 15 is 0 Å². The minimum atomic E-state index is -1.20. The highest BCUT2D eigenvalue weighted by Crippen LogP contribution is 2.37. The third-order valence-electron chi connectivity index (χ3n) is 3.96. The molecule has 0 aliphatic rings.